The van der Waals surface area contributed by atoms with Gasteiger partial charge in [0.25, 0.3) is 0 Å². The van der Waals surface area contributed by atoms with Gasteiger partial charge < -0.3 is 14.0 Å². The average Bonchev–Trinajstić information content (AvgIpc) is 2.81. The van der Waals surface area contributed by atoms with Gasteiger partial charge in [-0.3, -0.25) is 4.79 Å². The van der Waals surface area contributed by atoms with Crippen LogP contribution in [0.1, 0.15) is 11.1 Å². The van der Waals surface area contributed by atoms with Gasteiger partial charge in [0.05, 0.1) is 30.0 Å². The molecule has 0 aliphatic rings. The van der Waals surface area contributed by atoms with Crippen molar-refractivity contribution in [3.05, 3.63) is 93.2 Å². The molecule has 4 rings (SSSR count). The van der Waals surface area contributed by atoms with Crippen LogP contribution in [0.4, 0.5) is 0 Å². The van der Waals surface area contributed by atoms with E-state index in [0.717, 1.165) is 11.1 Å². The Morgan fingerprint density at radius 2 is 1.58 bits per heavy atom. The highest BCUT2D eigenvalue weighted by Gasteiger charge is 2.25. The van der Waals surface area contributed by atoms with Crippen molar-refractivity contribution in [3.8, 4) is 11.5 Å². The highest BCUT2D eigenvalue weighted by atomic mass is 35.5. The van der Waals surface area contributed by atoms with Gasteiger partial charge in [0.2, 0.25) is 15.3 Å². The minimum Gasteiger partial charge on any atom is -0.493 e. The Morgan fingerprint density at radius 3 is 2.21 bits per heavy atom. The molecule has 0 radical (unpaired) electrons. The maximum absolute atomic E-state index is 13.5. The Kier molecular flexibility index (Phi) is 6.19. The number of nitrogens with zero attached hydrogens (tertiary/aromatic N) is 1. The maximum Gasteiger partial charge on any atom is 0.211 e. The van der Waals surface area contributed by atoms with Crippen LogP contribution in [-0.4, -0.2) is 27.2 Å². The van der Waals surface area contributed by atoms with Crippen molar-refractivity contribution in [2.45, 2.75) is 23.3 Å². The molecule has 0 aliphatic heterocycles. The number of hydrogen-bond donors (Lipinski definition) is 0. The van der Waals surface area contributed by atoms with Crippen molar-refractivity contribution in [2.24, 2.45) is 0 Å². The van der Waals surface area contributed by atoms with E-state index in [1.54, 1.807) is 28.8 Å². The lowest BCUT2D eigenvalue weighted by Gasteiger charge is -2.17. The number of pyridine rings is 1. The summed E-state index contributed by atoms with van der Waals surface area (Å²) in [5.41, 5.74) is 1.58. The quantitative estimate of drug-likeness (QED) is 0.391. The largest absolute Gasteiger partial charge is 0.493 e. The number of halogens is 1. The smallest absolute Gasteiger partial charge is 0.211 e. The van der Waals surface area contributed by atoms with E-state index in [0.29, 0.717) is 22.0 Å². The topological polar surface area (TPSA) is 74.6 Å². The number of rotatable bonds is 6. The third-order valence-corrected chi connectivity index (χ3v) is 7.60. The van der Waals surface area contributed by atoms with Crippen LogP contribution in [0.2, 0.25) is 5.02 Å². The maximum atomic E-state index is 13.5. The minimum atomic E-state index is -4.08. The van der Waals surface area contributed by atoms with Crippen molar-refractivity contribution >= 4 is 32.3 Å². The molecule has 6 nitrogen and oxygen atoms in total. The normalized spacial score (nSPS) is 11.5. The molecule has 0 saturated heterocycles. The van der Waals surface area contributed by atoms with Crippen molar-refractivity contribution in [3.63, 3.8) is 0 Å². The number of aromatic nitrogens is 1. The van der Waals surface area contributed by atoms with Gasteiger partial charge in [-0.1, -0.05) is 47.5 Å². The first-order valence-electron chi connectivity index (χ1n) is 10.1. The fourth-order valence-corrected chi connectivity index (χ4v) is 5.23. The van der Waals surface area contributed by atoms with E-state index in [4.69, 9.17) is 21.1 Å². The first-order valence-corrected chi connectivity index (χ1v) is 12.0. The molecule has 0 fully saturated rings. The zero-order valence-electron chi connectivity index (χ0n) is 18.3. The van der Waals surface area contributed by atoms with Gasteiger partial charge in [0.15, 0.2) is 11.5 Å². The van der Waals surface area contributed by atoms with Crippen LogP contribution in [0.25, 0.3) is 10.9 Å². The third-order valence-electron chi connectivity index (χ3n) is 5.47. The molecule has 8 heteroatoms. The van der Waals surface area contributed by atoms with E-state index in [9.17, 15) is 13.2 Å². The number of sulfone groups is 1. The van der Waals surface area contributed by atoms with Gasteiger partial charge in [0, 0.05) is 23.8 Å². The Morgan fingerprint density at radius 1 is 0.939 bits per heavy atom. The fraction of sp³-hybridized carbons (Fsp3) is 0.160. The summed E-state index contributed by atoms with van der Waals surface area (Å²) in [5, 5.41) is 0.737. The molecule has 170 valence electrons. The molecular weight excluding hydrogens is 462 g/mol. The van der Waals surface area contributed by atoms with Gasteiger partial charge in [-0.25, -0.2) is 8.42 Å². The highest BCUT2D eigenvalue weighted by Crippen LogP contribution is 2.33. The summed E-state index contributed by atoms with van der Waals surface area (Å²) >= 11 is 6.37. The number of benzene rings is 3. The zero-order valence-corrected chi connectivity index (χ0v) is 19.9. The molecule has 1 aromatic heterocycles. The summed E-state index contributed by atoms with van der Waals surface area (Å²) in [6.07, 6.45) is 1.37. The Balaban J connectivity index is 2.04. The van der Waals surface area contributed by atoms with Crippen LogP contribution >= 0.6 is 11.6 Å². The van der Waals surface area contributed by atoms with Gasteiger partial charge in [0.1, 0.15) is 4.90 Å². The van der Waals surface area contributed by atoms with Crippen LogP contribution in [0.15, 0.2) is 81.4 Å². The van der Waals surface area contributed by atoms with E-state index in [2.05, 4.69) is 0 Å². The number of fused-ring (bicyclic) bond motifs is 1. The van der Waals surface area contributed by atoms with Crippen molar-refractivity contribution in [2.75, 3.05) is 14.2 Å². The summed E-state index contributed by atoms with van der Waals surface area (Å²) in [4.78, 5) is 13.2. The van der Waals surface area contributed by atoms with E-state index in [-0.39, 0.29) is 21.7 Å². The molecule has 3 aromatic carbocycles. The van der Waals surface area contributed by atoms with E-state index in [1.807, 2.05) is 25.1 Å². The highest BCUT2D eigenvalue weighted by molar-refractivity contribution is 7.91. The second-order valence-electron chi connectivity index (χ2n) is 7.58. The lowest BCUT2D eigenvalue weighted by Crippen LogP contribution is -2.20. The van der Waals surface area contributed by atoms with E-state index >= 15 is 0 Å². The lowest BCUT2D eigenvalue weighted by molar-refractivity contribution is 0.355. The molecule has 0 saturated carbocycles. The summed E-state index contributed by atoms with van der Waals surface area (Å²) in [7, 11) is -1.12. The van der Waals surface area contributed by atoms with Gasteiger partial charge in [-0.15, -0.1) is 0 Å². The van der Waals surface area contributed by atoms with Crippen molar-refractivity contribution < 1.29 is 17.9 Å². The molecule has 33 heavy (non-hydrogen) atoms. The Labute approximate surface area is 196 Å². The van der Waals surface area contributed by atoms with Crippen LogP contribution in [0.3, 0.4) is 0 Å². The van der Waals surface area contributed by atoms with Gasteiger partial charge in [-0.05, 0) is 36.8 Å². The first kappa shape index (κ1) is 22.9. The second-order valence-corrected chi connectivity index (χ2v) is 9.91. The molecule has 0 N–H and O–H groups in total. The van der Waals surface area contributed by atoms with Gasteiger partial charge >= 0.3 is 0 Å². The minimum absolute atomic E-state index is 0.0503. The van der Waals surface area contributed by atoms with E-state index in [1.165, 1.54) is 38.6 Å². The van der Waals surface area contributed by atoms with Crippen molar-refractivity contribution in [1.29, 1.82) is 0 Å². The average molecular weight is 484 g/mol. The number of ether oxygens (including phenoxy) is 2. The number of hydrogen-bond acceptors (Lipinski definition) is 5. The molecule has 1 heterocycles. The Bertz CT molecular complexity index is 1510. The van der Waals surface area contributed by atoms with Crippen LogP contribution in [0.5, 0.6) is 11.5 Å². The molecular formula is C25H22ClNO5S. The molecule has 0 atom stereocenters. The Hall–Kier alpha value is -3.29. The monoisotopic (exact) mass is 483 g/mol. The molecule has 0 spiro atoms. The second kappa shape index (κ2) is 8.92. The molecule has 0 unspecified atom stereocenters. The summed E-state index contributed by atoms with van der Waals surface area (Å²) in [6.45, 7) is 2.12. The SMILES string of the molecule is COc1cc2c(=O)c(S(=O)(=O)c3ccc(C)cc3)cn(Cc3ccccc3Cl)c2cc1OC. The summed E-state index contributed by atoms with van der Waals surface area (Å²) in [6, 6.07) is 16.8. The predicted molar refractivity (Wildman–Crippen MR) is 128 cm³/mol. The van der Waals surface area contributed by atoms with Gasteiger partial charge in [-0.2, -0.15) is 0 Å². The first-order chi connectivity index (χ1) is 15.8. The summed E-state index contributed by atoms with van der Waals surface area (Å²) in [5.74, 6) is 0.753. The lowest BCUT2D eigenvalue weighted by atomic mass is 10.1. The molecule has 0 amide bonds. The predicted octanol–water partition coefficient (Wildman–Crippen LogP) is 4.86. The molecule has 4 aromatic rings. The molecule has 0 aliphatic carbocycles. The number of aryl methyl sites for hydroxylation is 1. The van der Waals surface area contributed by atoms with Crippen LogP contribution in [0, 0.1) is 6.92 Å². The zero-order chi connectivity index (χ0) is 23.8. The molecule has 0 bridgehead atoms. The fourth-order valence-electron chi connectivity index (χ4n) is 3.67. The van der Waals surface area contributed by atoms with Crippen LogP contribution < -0.4 is 14.9 Å². The van der Waals surface area contributed by atoms with Crippen LogP contribution in [-0.2, 0) is 16.4 Å². The standard InChI is InChI=1S/C25H22ClNO5S/c1-16-8-10-18(11-9-16)33(29,30)24-15-27(14-17-6-4-5-7-20(17)26)21-13-23(32-3)22(31-2)12-19(21)25(24)28/h4-13,15H,14H2,1-3H3. The third kappa shape index (κ3) is 4.21. The van der Waals surface area contributed by atoms with Crippen molar-refractivity contribution in [1.82, 2.24) is 4.57 Å². The number of methoxy groups -OCH3 is 2. The summed E-state index contributed by atoms with van der Waals surface area (Å²) < 4.78 is 39.4. The van der Waals surface area contributed by atoms with E-state index < -0.39 is 15.3 Å².